The van der Waals surface area contributed by atoms with Crippen molar-refractivity contribution in [2.75, 3.05) is 13.1 Å². The Morgan fingerprint density at radius 1 is 0.686 bits per heavy atom. The Bertz CT molecular complexity index is 744. The molecule has 13 nitrogen and oxygen atoms in total. The third-order valence-corrected chi connectivity index (χ3v) is 5.35. The molecule has 0 spiro atoms. The largest absolute Gasteiger partial charge is 0.481 e. The first kappa shape index (κ1) is 31.6. The van der Waals surface area contributed by atoms with E-state index in [-0.39, 0.29) is 36.5 Å². The van der Waals surface area contributed by atoms with Crippen molar-refractivity contribution in [2.45, 2.75) is 77.8 Å². The van der Waals surface area contributed by atoms with E-state index in [1.54, 1.807) is 13.8 Å². The quantitative estimate of drug-likeness (QED) is 0.130. The second-order valence-corrected chi connectivity index (χ2v) is 8.39. The number of aliphatic carboxylic acids is 3. The molecule has 0 bridgehead atoms. The number of rotatable bonds is 18. The van der Waals surface area contributed by atoms with Crippen molar-refractivity contribution in [1.82, 2.24) is 21.3 Å². The van der Waals surface area contributed by atoms with Crippen LogP contribution >= 0.6 is 0 Å². The first-order valence-corrected chi connectivity index (χ1v) is 11.7. The lowest BCUT2D eigenvalue weighted by Crippen LogP contribution is -2.51. The predicted octanol–water partition coefficient (Wildman–Crippen LogP) is 0.532. The number of hydrogen-bond acceptors (Lipinski definition) is 6. The van der Waals surface area contributed by atoms with E-state index in [2.05, 4.69) is 21.3 Å². The molecule has 0 saturated carbocycles. The topological polar surface area (TPSA) is 211 Å². The van der Waals surface area contributed by atoms with Gasteiger partial charge in [-0.3, -0.25) is 14.4 Å². The van der Waals surface area contributed by atoms with E-state index in [1.807, 2.05) is 6.92 Å². The van der Waals surface area contributed by atoms with Gasteiger partial charge in [-0.05, 0) is 45.4 Å². The van der Waals surface area contributed by atoms with Crippen LogP contribution in [-0.4, -0.2) is 76.2 Å². The third kappa shape index (κ3) is 14.5. The Morgan fingerprint density at radius 2 is 1.17 bits per heavy atom. The van der Waals surface area contributed by atoms with Crippen molar-refractivity contribution in [1.29, 1.82) is 0 Å². The molecule has 13 heteroatoms. The van der Waals surface area contributed by atoms with Crippen LogP contribution < -0.4 is 21.3 Å². The zero-order valence-electron chi connectivity index (χ0n) is 20.5. The van der Waals surface area contributed by atoms with Crippen molar-refractivity contribution in [3.63, 3.8) is 0 Å². The molecule has 0 aliphatic heterocycles. The molecule has 0 aliphatic carbocycles. The lowest BCUT2D eigenvalue weighted by molar-refractivity contribution is -0.141. The van der Waals surface area contributed by atoms with Gasteiger partial charge in [0, 0.05) is 31.3 Å². The van der Waals surface area contributed by atoms with Crippen LogP contribution in [0, 0.1) is 11.8 Å². The molecule has 7 N–H and O–H groups in total. The molecule has 0 aromatic heterocycles. The highest BCUT2D eigenvalue weighted by Gasteiger charge is 2.25. The lowest BCUT2D eigenvalue weighted by Gasteiger charge is -2.18. The molecule has 200 valence electrons. The van der Waals surface area contributed by atoms with E-state index in [1.165, 1.54) is 0 Å². The van der Waals surface area contributed by atoms with Crippen molar-refractivity contribution >= 4 is 35.8 Å². The number of nitrogens with one attached hydrogen (secondary N) is 4. The summed E-state index contributed by atoms with van der Waals surface area (Å²) in [6.07, 6.45) is 1.17. The number of carbonyl (C=O) groups excluding carboxylic acids is 3. The number of carboxylic acid groups (broad SMARTS) is 3. The Balaban J connectivity index is 4.37. The minimum absolute atomic E-state index is 0.0467. The summed E-state index contributed by atoms with van der Waals surface area (Å²) in [5, 5.41) is 36.8. The summed E-state index contributed by atoms with van der Waals surface area (Å²) in [7, 11) is 0. The van der Waals surface area contributed by atoms with Crippen LogP contribution in [0.3, 0.4) is 0 Å². The fraction of sp³-hybridized carbons (Fsp3) is 0.727. The Labute approximate surface area is 204 Å². The first-order valence-electron chi connectivity index (χ1n) is 11.7. The van der Waals surface area contributed by atoms with Crippen molar-refractivity contribution < 1.29 is 44.1 Å². The molecular formula is C22H38N4O9. The van der Waals surface area contributed by atoms with Crippen molar-refractivity contribution in [3.8, 4) is 0 Å². The summed E-state index contributed by atoms with van der Waals surface area (Å²) in [6.45, 7) is 6.27. The van der Waals surface area contributed by atoms with Gasteiger partial charge in [0.2, 0.25) is 11.8 Å². The van der Waals surface area contributed by atoms with Crippen LogP contribution in [-0.2, 0) is 24.0 Å². The van der Waals surface area contributed by atoms with E-state index in [0.29, 0.717) is 38.8 Å². The highest BCUT2D eigenvalue weighted by atomic mass is 16.4. The van der Waals surface area contributed by atoms with Crippen LogP contribution in [0.2, 0.25) is 0 Å². The van der Waals surface area contributed by atoms with Crippen molar-refractivity contribution in [2.24, 2.45) is 11.8 Å². The van der Waals surface area contributed by atoms with Crippen LogP contribution in [0.1, 0.15) is 65.7 Å². The molecule has 4 atom stereocenters. The van der Waals surface area contributed by atoms with E-state index in [0.717, 1.165) is 0 Å². The highest BCUT2D eigenvalue weighted by molar-refractivity contribution is 5.86. The molecule has 0 heterocycles. The van der Waals surface area contributed by atoms with Crippen LogP contribution in [0.5, 0.6) is 0 Å². The molecule has 0 aromatic rings. The first-order chi connectivity index (χ1) is 16.4. The molecule has 0 aromatic carbocycles. The maximum absolute atomic E-state index is 12.2. The summed E-state index contributed by atoms with van der Waals surface area (Å²) in [5.74, 6) is -4.65. The minimum Gasteiger partial charge on any atom is -0.481 e. The summed E-state index contributed by atoms with van der Waals surface area (Å²) < 4.78 is 0. The van der Waals surface area contributed by atoms with Crippen LogP contribution in [0.25, 0.3) is 0 Å². The number of carbonyl (C=O) groups is 6. The number of hydrogen-bond donors (Lipinski definition) is 7. The molecule has 0 aliphatic rings. The highest BCUT2D eigenvalue weighted by Crippen LogP contribution is 2.13. The molecule has 0 rings (SSSR count). The second-order valence-electron chi connectivity index (χ2n) is 8.39. The fourth-order valence-electron chi connectivity index (χ4n) is 3.11. The van der Waals surface area contributed by atoms with Gasteiger partial charge in [0.1, 0.15) is 12.1 Å². The van der Waals surface area contributed by atoms with Gasteiger partial charge in [0.15, 0.2) is 0 Å². The Kier molecular flexibility index (Phi) is 15.5. The normalized spacial score (nSPS) is 14.0. The van der Waals surface area contributed by atoms with E-state index >= 15 is 0 Å². The number of urea groups is 1. The molecule has 35 heavy (non-hydrogen) atoms. The van der Waals surface area contributed by atoms with Gasteiger partial charge in [0.05, 0.1) is 0 Å². The van der Waals surface area contributed by atoms with Crippen LogP contribution in [0.4, 0.5) is 4.79 Å². The predicted molar refractivity (Wildman–Crippen MR) is 124 cm³/mol. The number of unbranched alkanes of at least 4 members (excludes halogenated alkanes) is 1. The monoisotopic (exact) mass is 502 g/mol. The van der Waals surface area contributed by atoms with Crippen LogP contribution in [0.15, 0.2) is 0 Å². The summed E-state index contributed by atoms with van der Waals surface area (Å²) in [5.41, 5.74) is 0. The minimum atomic E-state index is -1.47. The van der Waals surface area contributed by atoms with Gasteiger partial charge in [0.25, 0.3) is 0 Å². The molecule has 2 unspecified atom stereocenters. The van der Waals surface area contributed by atoms with Gasteiger partial charge in [-0.15, -0.1) is 0 Å². The SMILES string of the molecule is CCNC(=O)C(C)CCC(C)C(=O)NCCCC[C@H](NC(=O)N[C@@H](CCC(=O)O)C(=O)O)C(=O)O. The molecule has 4 amide bonds. The van der Waals surface area contributed by atoms with E-state index < -0.39 is 42.4 Å². The Hall–Kier alpha value is -3.38. The molecule has 0 fully saturated rings. The van der Waals surface area contributed by atoms with Crippen molar-refractivity contribution in [3.05, 3.63) is 0 Å². The van der Waals surface area contributed by atoms with Gasteiger partial charge >= 0.3 is 23.9 Å². The zero-order chi connectivity index (χ0) is 27.0. The standard InChI is InChI=1S/C22H38N4O9/c1-4-23-18(29)13(2)8-9-14(3)19(30)24-12-6-5-7-15(20(31)32)25-22(35)26-16(21(33)34)10-11-17(27)28/h13-16H,4-12H2,1-3H3,(H,23,29)(H,24,30)(H,27,28)(H,31,32)(H,33,34)(H2,25,26,35)/t13?,14?,15-,16-/m0/s1. The van der Waals surface area contributed by atoms with E-state index in [4.69, 9.17) is 10.2 Å². The molecule has 0 radical (unpaired) electrons. The maximum atomic E-state index is 12.2. The average molecular weight is 503 g/mol. The smallest absolute Gasteiger partial charge is 0.326 e. The summed E-state index contributed by atoms with van der Waals surface area (Å²) >= 11 is 0. The second kappa shape index (κ2) is 17.1. The van der Waals surface area contributed by atoms with Gasteiger partial charge in [-0.25, -0.2) is 14.4 Å². The third-order valence-electron chi connectivity index (χ3n) is 5.35. The lowest BCUT2D eigenvalue weighted by atomic mass is 9.97. The number of amides is 4. The zero-order valence-corrected chi connectivity index (χ0v) is 20.5. The van der Waals surface area contributed by atoms with Gasteiger partial charge < -0.3 is 36.6 Å². The van der Waals surface area contributed by atoms with E-state index in [9.17, 15) is 33.9 Å². The summed E-state index contributed by atoms with van der Waals surface area (Å²) in [6, 6.07) is -3.78. The fourth-order valence-corrected chi connectivity index (χ4v) is 3.11. The summed E-state index contributed by atoms with van der Waals surface area (Å²) in [4.78, 5) is 69.1. The molecule has 0 saturated heterocycles. The Morgan fingerprint density at radius 3 is 1.63 bits per heavy atom. The van der Waals surface area contributed by atoms with Gasteiger partial charge in [-0.1, -0.05) is 13.8 Å². The maximum Gasteiger partial charge on any atom is 0.326 e. The average Bonchev–Trinajstić information content (AvgIpc) is 2.78. The van der Waals surface area contributed by atoms with Gasteiger partial charge in [-0.2, -0.15) is 0 Å². The molecular weight excluding hydrogens is 464 g/mol. The number of carboxylic acids is 3.